The Bertz CT molecular complexity index is 935. The topological polar surface area (TPSA) is 83.6 Å². The minimum atomic E-state index is -1.64. The van der Waals surface area contributed by atoms with Gasteiger partial charge >= 0.3 is 0 Å². The van der Waals surface area contributed by atoms with Gasteiger partial charge in [0.05, 0.1) is 10.9 Å². The number of nitrogens with zero attached hydrogens (tertiary/aromatic N) is 3. The van der Waals surface area contributed by atoms with Crippen LogP contribution in [0.4, 0.5) is 18.9 Å². The quantitative estimate of drug-likeness (QED) is 0.524. The highest BCUT2D eigenvalue weighted by atomic mass is 32.2. The zero-order valence-corrected chi connectivity index (χ0v) is 14.1. The maximum absolute atomic E-state index is 13.6. The predicted molar refractivity (Wildman–Crippen MR) is 89.9 cm³/mol. The fraction of sp³-hybridized carbons (Fsp3) is 0.125. The fourth-order valence-corrected chi connectivity index (χ4v) is 2.73. The number of halogens is 3. The van der Waals surface area contributed by atoms with E-state index in [0.29, 0.717) is 11.0 Å². The monoisotopic (exact) mass is 379 g/mol. The lowest BCUT2D eigenvalue weighted by atomic mass is 10.2. The minimum absolute atomic E-state index is 0.310. The van der Waals surface area contributed by atoms with Gasteiger partial charge in [0.15, 0.2) is 23.3 Å². The predicted octanol–water partition coefficient (Wildman–Crippen LogP) is 3.40. The molecule has 1 unspecified atom stereocenters. The van der Waals surface area contributed by atoms with E-state index in [2.05, 4.69) is 25.5 Å². The summed E-state index contributed by atoms with van der Waals surface area (Å²) in [5.74, 6) is -4.51. The Morgan fingerprint density at radius 1 is 1.15 bits per heavy atom. The molecule has 10 heteroatoms. The number of H-pyrrole nitrogens is 1. The Hall–Kier alpha value is -2.88. The number of carbonyl (C=O) groups is 1. The van der Waals surface area contributed by atoms with Gasteiger partial charge in [0.1, 0.15) is 0 Å². The second-order valence-electron chi connectivity index (χ2n) is 5.17. The third-order valence-corrected chi connectivity index (χ3v) is 4.32. The second kappa shape index (κ2) is 7.56. The van der Waals surface area contributed by atoms with E-state index >= 15 is 0 Å². The van der Waals surface area contributed by atoms with Crippen LogP contribution in [0.25, 0.3) is 11.4 Å². The zero-order chi connectivity index (χ0) is 18.7. The fourth-order valence-electron chi connectivity index (χ4n) is 2.01. The van der Waals surface area contributed by atoms with Crippen LogP contribution in [0.2, 0.25) is 0 Å². The Labute approximate surface area is 150 Å². The van der Waals surface area contributed by atoms with Crippen LogP contribution < -0.4 is 5.32 Å². The molecule has 0 bridgehead atoms. The van der Waals surface area contributed by atoms with Crippen LogP contribution in [-0.4, -0.2) is 31.3 Å². The second-order valence-corrected chi connectivity index (χ2v) is 6.48. The van der Waals surface area contributed by atoms with Crippen molar-refractivity contribution in [1.29, 1.82) is 0 Å². The number of hydrogen-bond donors (Lipinski definition) is 2. The highest BCUT2D eigenvalue weighted by Crippen LogP contribution is 2.25. The molecule has 0 aliphatic heterocycles. The van der Waals surface area contributed by atoms with Crippen molar-refractivity contribution in [3.63, 3.8) is 0 Å². The van der Waals surface area contributed by atoms with Crippen LogP contribution in [0.5, 0.6) is 0 Å². The van der Waals surface area contributed by atoms with Gasteiger partial charge in [-0.3, -0.25) is 14.9 Å². The van der Waals surface area contributed by atoms with Crippen molar-refractivity contribution < 1.29 is 18.0 Å². The van der Waals surface area contributed by atoms with E-state index < -0.39 is 34.3 Å². The minimum Gasteiger partial charge on any atom is -0.323 e. The van der Waals surface area contributed by atoms with Crippen molar-refractivity contribution in [3.8, 4) is 11.4 Å². The lowest BCUT2D eigenvalue weighted by molar-refractivity contribution is -0.115. The summed E-state index contributed by atoms with van der Waals surface area (Å²) in [6, 6.07) is 5.19. The Morgan fingerprint density at radius 3 is 2.62 bits per heavy atom. The van der Waals surface area contributed by atoms with E-state index in [-0.39, 0.29) is 0 Å². The van der Waals surface area contributed by atoms with Gasteiger partial charge in [-0.05, 0) is 31.2 Å². The molecule has 2 heterocycles. The molecule has 134 valence electrons. The summed E-state index contributed by atoms with van der Waals surface area (Å²) in [4.78, 5) is 20.3. The summed E-state index contributed by atoms with van der Waals surface area (Å²) in [5, 5.41) is 8.58. The number of carbonyl (C=O) groups excluding carboxylic acids is 1. The summed E-state index contributed by atoms with van der Waals surface area (Å²) in [5.41, 5.74) is 0.342. The Kier molecular flexibility index (Phi) is 5.21. The first-order chi connectivity index (χ1) is 12.5. The van der Waals surface area contributed by atoms with Crippen molar-refractivity contribution in [2.45, 2.75) is 17.3 Å². The Morgan fingerprint density at radius 2 is 1.88 bits per heavy atom. The van der Waals surface area contributed by atoms with Crippen LogP contribution in [0.15, 0.2) is 41.8 Å². The van der Waals surface area contributed by atoms with E-state index in [1.54, 1.807) is 31.5 Å². The molecule has 0 radical (unpaired) electrons. The van der Waals surface area contributed by atoms with Crippen molar-refractivity contribution in [1.82, 2.24) is 20.2 Å². The van der Waals surface area contributed by atoms with Crippen molar-refractivity contribution in [2.75, 3.05) is 5.32 Å². The molecule has 0 aliphatic carbocycles. The zero-order valence-electron chi connectivity index (χ0n) is 13.3. The number of benzene rings is 1. The van der Waals surface area contributed by atoms with Crippen LogP contribution in [0.1, 0.15) is 6.92 Å². The smallest absolute Gasteiger partial charge is 0.237 e. The SMILES string of the molecule is CC(Sc1n[nH]c(-c2ccncc2)n1)C(=O)Nc1ccc(F)c(F)c1F. The third-order valence-electron chi connectivity index (χ3n) is 3.36. The van der Waals surface area contributed by atoms with E-state index in [0.717, 1.165) is 29.5 Å². The van der Waals surface area contributed by atoms with Gasteiger partial charge in [-0.2, -0.15) is 0 Å². The van der Waals surface area contributed by atoms with Crippen LogP contribution in [-0.2, 0) is 4.79 Å². The van der Waals surface area contributed by atoms with Crippen molar-refractivity contribution in [3.05, 3.63) is 54.1 Å². The lowest BCUT2D eigenvalue weighted by Gasteiger charge is -2.11. The molecule has 6 nitrogen and oxygen atoms in total. The van der Waals surface area contributed by atoms with E-state index in [9.17, 15) is 18.0 Å². The van der Waals surface area contributed by atoms with Crippen LogP contribution >= 0.6 is 11.8 Å². The summed E-state index contributed by atoms with van der Waals surface area (Å²) in [6.45, 7) is 1.56. The van der Waals surface area contributed by atoms with Gasteiger partial charge in [0.25, 0.3) is 0 Å². The molecule has 26 heavy (non-hydrogen) atoms. The standard InChI is InChI=1S/C16H12F3N5OS/c1-8(15(25)21-11-3-2-10(17)12(18)13(11)19)26-16-22-14(23-24-16)9-4-6-20-7-5-9/h2-8H,1H3,(H,21,25)(H,22,23,24). The molecule has 0 saturated carbocycles. The molecule has 0 fully saturated rings. The summed E-state index contributed by atoms with van der Waals surface area (Å²) < 4.78 is 39.8. The highest BCUT2D eigenvalue weighted by molar-refractivity contribution is 8.00. The molecule has 0 aliphatic rings. The maximum Gasteiger partial charge on any atom is 0.237 e. The number of aromatic amines is 1. The molecule has 2 N–H and O–H groups in total. The first-order valence-electron chi connectivity index (χ1n) is 7.39. The van der Waals surface area contributed by atoms with Gasteiger partial charge < -0.3 is 5.32 Å². The number of anilines is 1. The van der Waals surface area contributed by atoms with Gasteiger partial charge in [-0.1, -0.05) is 11.8 Å². The van der Waals surface area contributed by atoms with Gasteiger partial charge in [-0.25, -0.2) is 18.2 Å². The summed E-state index contributed by atoms with van der Waals surface area (Å²) >= 11 is 1.03. The molecule has 3 rings (SSSR count). The molecule has 0 saturated heterocycles. The number of nitrogens with one attached hydrogen (secondary N) is 2. The average molecular weight is 379 g/mol. The summed E-state index contributed by atoms with van der Waals surface area (Å²) in [6.07, 6.45) is 3.22. The number of thioether (sulfide) groups is 1. The lowest BCUT2D eigenvalue weighted by Crippen LogP contribution is -2.23. The van der Waals surface area contributed by atoms with Gasteiger partial charge in [0, 0.05) is 18.0 Å². The number of aromatic nitrogens is 4. The van der Waals surface area contributed by atoms with Crippen LogP contribution in [0, 0.1) is 17.5 Å². The maximum atomic E-state index is 13.6. The molecule has 1 atom stereocenters. The normalized spacial score (nSPS) is 12.0. The van der Waals surface area contributed by atoms with Gasteiger partial charge in [-0.15, -0.1) is 5.10 Å². The molecule has 2 aromatic heterocycles. The Balaban J connectivity index is 1.67. The molecule has 3 aromatic rings. The number of rotatable bonds is 5. The number of pyridine rings is 1. The molecule has 1 amide bonds. The molecule has 1 aromatic carbocycles. The first-order valence-corrected chi connectivity index (χ1v) is 8.27. The first kappa shape index (κ1) is 17.9. The molecule has 0 spiro atoms. The molecular formula is C16H12F3N5OS. The average Bonchev–Trinajstić information content (AvgIpc) is 3.11. The number of amides is 1. The summed E-state index contributed by atoms with van der Waals surface area (Å²) in [7, 11) is 0. The number of hydrogen-bond acceptors (Lipinski definition) is 5. The van der Waals surface area contributed by atoms with Gasteiger partial charge in [0.2, 0.25) is 11.1 Å². The van der Waals surface area contributed by atoms with E-state index in [1.165, 1.54) is 0 Å². The largest absolute Gasteiger partial charge is 0.323 e. The highest BCUT2D eigenvalue weighted by Gasteiger charge is 2.21. The van der Waals surface area contributed by atoms with Crippen LogP contribution in [0.3, 0.4) is 0 Å². The van der Waals surface area contributed by atoms with E-state index in [1.807, 2.05) is 0 Å². The van der Waals surface area contributed by atoms with Crippen molar-refractivity contribution >= 4 is 23.4 Å². The third kappa shape index (κ3) is 3.85. The van der Waals surface area contributed by atoms with E-state index in [4.69, 9.17) is 0 Å². The molecular weight excluding hydrogens is 367 g/mol. The van der Waals surface area contributed by atoms with Crippen molar-refractivity contribution in [2.24, 2.45) is 0 Å².